The lowest BCUT2D eigenvalue weighted by Gasteiger charge is -2.43. The second kappa shape index (κ2) is 14.6. The molecule has 0 radical (unpaired) electrons. The van der Waals surface area contributed by atoms with Crippen LogP contribution in [0.1, 0.15) is 6.92 Å². The van der Waals surface area contributed by atoms with Gasteiger partial charge in [0.2, 0.25) is 11.8 Å². The highest BCUT2D eigenvalue weighted by atomic mass is 16.7. The number of amides is 2. The molecular weight excluding hydrogens is 392 g/mol. The van der Waals surface area contributed by atoms with Gasteiger partial charge in [-0.25, -0.2) is 0 Å². The Morgan fingerprint density at radius 3 is 2.10 bits per heavy atom. The molecule has 12 heteroatoms. The van der Waals surface area contributed by atoms with E-state index in [-0.39, 0.29) is 26.4 Å². The van der Waals surface area contributed by atoms with Crippen molar-refractivity contribution >= 4 is 11.8 Å². The molecule has 29 heavy (non-hydrogen) atoms. The van der Waals surface area contributed by atoms with Crippen LogP contribution in [0.2, 0.25) is 0 Å². The molecule has 0 spiro atoms. The van der Waals surface area contributed by atoms with Gasteiger partial charge in [0.1, 0.15) is 12.6 Å². The number of nitrogens with two attached hydrogens (primary N) is 1. The van der Waals surface area contributed by atoms with Crippen LogP contribution in [0.15, 0.2) is 0 Å². The summed E-state index contributed by atoms with van der Waals surface area (Å²) >= 11 is 0. The molecule has 1 rings (SSSR count). The van der Waals surface area contributed by atoms with E-state index in [1.165, 1.54) is 6.92 Å². The van der Waals surface area contributed by atoms with E-state index in [1.54, 1.807) is 0 Å². The van der Waals surface area contributed by atoms with Crippen LogP contribution in [0.3, 0.4) is 0 Å². The first-order valence-electron chi connectivity index (χ1n) is 9.36. The summed E-state index contributed by atoms with van der Waals surface area (Å²) in [6.45, 7) is 1.80. The number of aliphatic hydroxyl groups excluding tert-OH is 3. The van der Waals surface area contributed by atoms with Crippen LogP contribution in [0.5, 0.6) is 0 Å². The van der Waals surface area contributed by atoms with Crippen molar-refractivity contribution in [3.05, 3.63) is 0 Å². The molecule has 0 saturated carbocycles. The van der Waals surface area contributed by atoms with Crippen LogP contribution in [-0.2, 0) is 33.3 Å². The average Bonchev–Trinajstić information content (AvgIpc) is 2.67. The molecule has 2 amide bonds. The summed E-state index contributed by atoms with van der Waals surface area (Å²) in [5, 5.41) is 31.8. The predicted octanol–water partition coefficient (Wildman–Crippen LogP) is -3.27. The Hall–Kier alpha value is -1.38. The minimum atomic E-state index is -1.15. The van der Waals surface area contributed by atoms with Gasteiger partial charge in [-0.15, -0.1) is 0 Å². The number of carbonyl (C=O) groups excluding carboxylic acids is 2. The first-order chi connectivity index (χ1) is 13.9. The largest absolute Gasteiger partial charge is 0.396 e. The van der Waals surface area contributed by atoms with Crippen LogP contribution in [0.4, 0.5) is 0 Å². The molecule has 0 aromatic carbocycles. The quantitative estimate of drug-likeness (QED) is 0.167. The molecule has 5 atom stereocenters. The van der Waals surface area contributed by atoms with Gasteiger partial charge in [0, 0.05) is 12.8 Å². The third-order valence-corrected chi connectivity index (χ3v) is 4.15. The van der Waals surface area contributed by atoms with E-state index in [0.29, 0.717) is 19.8 Å². The Balaban J connectivity index is 2.26. The zero-order valence-corrected chi connectivity index (χ0v) is 16.5. The maximum atomic E-state index is 11.4. The summed E-state index contributed by atoms with van der Waals surface area (Å²) in [5.74, 6) is -1.68. The minimum Gasteiger partial charge on any atom is -0.396 e. The molecule has 1 heterocycles. The summed E-state index contributed by atoms with van der Waals surface area (Å²) in [7, 11) is 0. The highest BCUT2D eigenvalue weighted by molar-refractivity contribution is 5.75. The van der Waals surface area contributed by atoms with Crippen LogP contribution >= 0.6 is 0 Å². The lowest BCUT2D eigenvalue weighted by molar-refractivity contribution is -0.263. The molecule has 0 aromatic heterocycles. The van der Waals surface area contributed by atoms with Crippen molar-refractivity contribution in [2.75, 3.05) is 59.5 Å². The fourth-order valence-corrected chi connectivity index (χ4v) is 2.78. The SMILES string of the molecule is CC(=O)NC1C(OCCOCCOCCOCC(N)=O)OC(CO)C(CO)C1O. The molecule has 0 aromatic rings. The smallest absolute Gasteiger partial charge is 0.243 e. The van der Waals surface area contributed by atoms with E-state index in [0.717, 1.165) is 0 Å². The molecule has 0 bridgehead atoms. The van der Waals surface area contributed by atoms with Gasteiger partial charge >= 0.3 is 0 Å². The maximum absolute atomic E-state index is 11.4. The van der Waals surface area contributed by atoms with Gasteiger partial charge in [0.05, 0.1) is 65.1 Å². The zero-order valence-electron chi connectivity index (χ0n) is 16.5. The number of nitrogens with one attached hydrogen (secondary N) is 1. The highest BCUT2D eigenvalue weighted by Gasteiger charge is 2.45. The van der Waals surface area contributed by atoms with Crippen molar-refractivity contribution in [3.8, 4) is 0 Å². The second-order valence-corrected chi connectivity index (χ2v) is 6.40. The monoisotopic (exact) mass is 424 g/mol. The van der Waals surface area contributed by atoms with E-state index < -0.39 is 55.5 Å². The number of hydrogen-bond donors (Lipinski definition) is 5. The van der Waals surface area contributed by atoms with E-state index >= 15 is 0 Å². The van der Waals surface area contributed by atoms with Crippen molar-refractivity contribution < 1.29 is 48.6 Å². The fourth-order valence-electron chi connectivity index (χ4n) is 2.78. The summed E-state index contributed by atoms with van der Waals surface area (Å²) in [6, 6.07) is -0.892. The minimum absolute atomic E-state index is 0.108. The Morgan fingerprint density at radius 2 is 1.59 bits per heavy atom. The molecule has 170 valence electrons. The third-order valence-electron chi connectivity index (χ3n) is 4.15. The second-order valence-electron chi connectivity index (χ2n) is 6.40. The fraction of sp³-hybridized carbons (Fsp3) is 0.882. The number of rotatable bonds is 15. The molecular formula is C17H32N2O10. The van der Waals surface area contributed by atoms with Crippen molar-refractivity contribution in [1.82, 2.24) is 5.32 Å². The summed E-state index contributed by atoms with van der Waals surface area (Å²) in [6.07, 6.45) is -2.97. The number of hydrogen-bond acceptors (Lipinski definition) is 10. The van der Waals surface area contributed by atoms with Crippen molar-refractivity contribution in [1.29, 1.82) is 0 Å². The van der Waals surface area contributed by atoms with Crippen LogP contribution in [0.25, 0.3) is 0 Å². The molecule has 1 saturated heterocycles. The normalized spacial score (nSPS) is 27.0. The van der Waals surface area contributed by atoms with E-state index in [2.05, 4.69) is 5.32 Å². The number of aliphatic hydroxyl groups is 3. The van der Waals surface area contributed by atoms with Crippen LogP contribution in [0, 0.1) is 5.92 Å². The maximum Gasteiger partial charge on any atom is 0.243 e. The summed E-state index contributed by atoms with van der Waals surface area (Å²) < 4.78 is 26.7. The van der Waals surface area contributed by atoms with Crippen molar-refractivity contribution in [3.63, 3.8) is 0 Å². The molecule has 0 aliphatic carbocycles. The number of carbonyl (C=O) groups is 2. The molecule has 1 aliphatic heterocycles. The zero-order chi connectivity index (χ0) is 21.6. The molecule has 12 nitrogen and oxygen atoms in total. The van der Waals surface area contributed by atoms with E-state index in [1.807, 2.05) is 0 Å². The van der Waals surface area contributed by atoms with Gasteiger partial charge < -0.3 is 50.1 Å². The van der Waals surface area contributed by atoms with Gasteiger partial charge in [-0.05, 0) is 0 Å². The van der Waals surface area contributed by atoms with Crippen LogP contribution < -0.4 is 11.1 Å². The first kappa shape index (κ1) is 25.7. The first-order valence-corrected chi connectivity index (χ1v) is 9.36. The average molecular weight is 424 g/mol. The number of primary amides is 1. The Kier molecular flexibility index (Phi) is 12.9. The molecule has 5 unspecified atom stereocenters. The van der Waals surface area contributed by atoms with Crippen LogP contribution in [-0.4, -0.2) is 111 Å². The highest BCUT2D eigenvalue weighted by Crippen LogP contribution is 2.26. The topological polar surface area (TPSA) is 179 Å². The molecule has 1 aliphatic rings. The number of ether oxygens (including phenoxy) is 5. The summed E-state index contributed by atoms with van der Waals surface area (Å²) in [4.78, 5) is 21.9. The molecule has 6 N–H and O–H groups in total. The van der Waals surface area contributed by atoms with E-state index in [9.17, 15) is 24.9 Å². The predicted molar refractivity (Wildman–Crippen MR) is 97.5 cm³/mol. The van der Waals surface area contributed by atoms with Crippen molar-refractivity contribution in [2.45, 2.75) is 31.5 Å². The van der Waals surface area contributed by atoms with Gasteiger partial charge in [-0.2, -0.15) is 0 Å². The Bertz CT molecular complexity index is 481. The lowest BCUT2D eigenvalue weighted by Crippen LogP contribution is -2.63. The molecule has 1 fully saturated rings. The standard InChI is InChI=1S/C17H32N2O10/c1-11(22)19-15-16(24)12(8-20)13(9-21)29-17(15)28-7-6-26-3-2-25-4-5-27-10-14(18)23/h12-13,15-17,20-21,24H,2-10H2,1H3,(H2,18,23)(H,19,22). The lowest BCUT2D eigenvalue weighted by atomic mass is 9.88. The van der Waals surface area contributed by atoms with Gasteiger partial charge in [-0.1, -0.05) is 0 Å². The Labute approximate surface area is 169 Å². The van der Waals surface area contributed by atoms with Gasteiger partial charge in [-0.3, -0.25) is 9.59 Å². The Morgan fingerprint density at radius 1 is 1.00 bits per heavy atom. The van der Waals surface area contributed by atoms with Gasteiger partial charge in [0.25, 0.3) is 0 Å². The van der Waals surface area contributed by atoms with Gasteiger partial charge in [0.15, 0.2) is 6.29 Å². The van der Waals surface area contributed by atoms with Crippen molar-refractivity contribution in [2.24, 2.45) is 11.7 Å². The third kappa shape index (κ3) is 9.78. The summed E-state index contributed by atoms with van der Waals surface area (Å²) in [5.41, 5.74) is 4.92. The van der Waals surface area contributed by atoms with E-state index in [4.69, 9.17) is 29.4 Å².